The standard InChI is InChI=1S/C14H18ClNO5/c1-14(2,3)21-13(19)16-10-7-8(15)5-6-9(10)11(17)12(18)20-4/h5-7,11,17H,1-4H3,(H,16,19). The lowest BCUT2D eigenvalue weighted by atomic mass is 10.1. The molecule has 1 aromatic carbocycles. The van der Waals surface area contributed by atoms with Crippen LogP contribution in [0.15, 0.2) is 18.2 Å². The van der Waals surface area contributed by atoms with Crippen molar-refractivity contribution in [2.45, 2.75) is 32.5 Å². The van der Waals surface area contributed by atoms with Gasteiger partial charge in [0.05, 0.1) is 12.8 Å². The monoisotopic (exact) mass is 315 g/mol. The summed E-state index contributed by atoms with van der Waals surface area (Å²) in [4.78, 5) is 23.2. The van der Waals surface area contributed by atoms with Gasteiger partial charge in [-0.05, 0) is 32.9 Å². The molecule has 0 aliphatic carbocycles. The van der Waals surface area contributed by atoms with E-state index in [0.717, 1.165) is 7.11 Å². The van der Waals surface area contributed by atoms with Crippen LogP contribution in [0.2, 0.25) is 5.02 Å². The average Bonchev–Trinajstić information content (AvgIpc) is 2.34. The number of benzene rings is 1. The van der Waals surface area contributed by atoms with Crippen LogP contribution in [0.1, 0.15) is 32.4 Å². The van der Waals surface area contributed by atoms with Crippen molar-refractivity contribution in [1.82, 2.24) is 0 Å². The number of anilines is 1. The molecular weight excluding hydrogens is 298 g/mol. The molecule has 2 N–H and O–H groups in total. The van der Waals surface area contributed by atoms with Crippen LogP contribution in [0.3, 0.4) is 0 Å². The summed E-state index contributed by atoms with van der Waals surface area (Å²) in [6, 6.07) is 4.33. The SMILES string of the molecule is COC(=O)C(O)c1ccc(Cl)cc1NC(=O)OC(C)(C)C. The van der Waals surface area contributed by atoms with Crippen LogP contribution < -0.4 is 5.32 Å². The maximum atomic E-state index is 11.8. The van der Waals surface area contributed by atoms with Crippen LogP contribution in [0.25, 0.3) is 0 Å². The molecule has 6 nitrogen and oxygen atoms in total. The summed E-state index contributed by atoms with van der Waals surface area (Å²) in [5.74, 6) is -0.843. The molecule has 0 bridgehead atoms. The van der Waals surface area contributed by atoms with Crippen molar-refractivity contribution in [2.75, 3.05) is 12.4 Å². The molecule has 0 aliphatic rings. The summed E-state index contributed by atoms with van der Waals surface area (Å²) in [5, 5.41) is 12.7. The maximum Gasteiger partial charge on any atom is 0.412 e. The topological polar surface area (TPSA) is 84.9 Å². The van der Waals surface area contributed by atoms with Crippen LogP contribution >= 0.6 is 11.6 Å². The first kappa shape index (κ1) is 17.3. The number of esters is 1. The van der Waals surface area contributed by atoms with Crippen molar-refractivity contribution < 1.29 is 24.2 Å². The van der Waals surface area contributed by atoms with E-state index in [-0.39, 0.29) is 11.3 Å². The van der Waals surface area contributed by atoms with Gasteiger partial charge in [0.1, 0.15) is 5.60 Å². The highest BCUT2D eigenvalue weighted by Crippen LogP contribution is 2.27. The van der Waals surface area contributed by atoms with Crippen molar-refractivity contribution in [2.24, 2.45) is 0 Å². The lowest BCUT2D eigenvalue weighted by molar-refractivity contribution is -0.150. The highest BCUT2D eigenvalue weighted by Gasteiger charge is 2.23. The molecule has 7 heteroatoms. The summed E-state index contributed by atoms with van der Waals surface area (Å²) >= 11 is 5.86. The molecule has 0 heterocycles. The predicted octanol–water partition coefficient (Wildman–Crippen LogP) is 2.89. The Morgan fingerprint density at radius 3 is 2.48 bits per heavy atom. The van der Waals surface area contributed by atoms with Gasteiger partial charge in [-0.1, -0.05) is 17.7 Å². The molecule has 116 valence electrons. The average molecular weight is 316 g/mol. The van der Waals surface area contributed by atoms with Gasteiger partial charge in [0.25, 0.3) is 0 Å². The molecule has 21 heavy (non-hydrogen) atoms. The molecule has 0 saturated heterocycles. The number of rotatable bonds is 3. The first-order valence-electron chi connectivity index (χ1n) is 6.19. The summed E-state index contributed by atoms with van der Waals surface area (Å²) in [6.07, 6.45) is -2.25. The lowest BCUT2D eigenvalue weighted by Gasteiger charge is -2.21. The van der Waals surface area contributed by atoms with Crippen molar-refractivity contribution in [3.05, 3.63) is 28.8 Å². The Labute approximate surface area is 128 Å². The molecule has 0 aromatic heterocycles. The van der Waals surface area contributed by atoms with Gasteiger partial charge >= 0.3 is 12.1 Å². The van der Waals surface area contributed by atoms with E-state index in [9.17, 15) is 14.7 Å². The van der Waals surface area contributed by atoms with Crippen molar-refractivity contribution >= 4 is 29.4 Å². The van der Waals surface area contributed by atoms with Gasteiger partial charge in [-0.25, -0.2) is 9.59 Å². The zero-order chi connectivity index (χ0) is 16.2. The van der Waals surface area contributed by atoms with E-state index in [0.29, 0.717) is 5.02 Å². The van der Waals surface area contributed by atoms with E-state index in [4.69, 9.17) is 16.3 Å². The maximum absolute atomic E-state index is 11.8. The van der Waals surface area contributed by atoms with E-state index in [1.165, 1.54) is 18.2 Å². The molecule has 1 unspecified atom stereocenters. The molecule has 1 rings (SSSR count). The number of hydrogen-bond donors (Lipinski definition) is 2. The Morgan fingerprint density at radius 2 is 1.95 bits per heavy atom. The van der Waals surface area contributed by atoms with Gasteiger partial charge < -0.3 is 14.6 Å². The van der Waals surface area contributed by atoms with Gasteiger partial charge in [0, 0.05) is 10.6 Å². The Bertz CT molecular complexity index is 539. The molecule has 0 fully saturated rings. The number of carbonyl (C=O) groups excluding carboxylic acids is 2. The van der Waals surface area contributed by atoms with Crippen LogP contribution in [0.4, 0.5) is 10.5 Å². The van der Waals surface area contributed by atoms with Gasteiger partial charge in [-0.15, -0.1) is 0 Å². The fraction of sp³-hybridized carbons (Fsp3) is 0.429. The number of carbonyl (C=O) groups is 2. The second kappa shape index (κ2) is 6.78. The molecule has 1 amide bonds. The number of methoxy groups -OCH3 is 1. The molecule has 0 spiro atoms. The first-order valence-corrected chi connectivity index (χ1v) is 6.57. The zero-order valence-corrected chi connectivity index (χ0v) is 13.0. The van der Waals surface area contributed by atoms with E-state index in [2.05, 4.69) is 10.1 Å². The normalized spacial score (nSPS) is 12.5. The van der Waals surface area contributed by atoms with E-state index in [1.807, 2.05) is 0 Å². The van der Waals surface area contributed by atoms with E-state index >= 15 is 0 Å². The third-order valence-corrected chi connectivity index (χ3v) is 2.61. The van der Waals surface area contributed by atoms with Crippen molar-refractivity contribution in [3.63, 3.8) is 0 Å². The molecular formula is C14H18ClNO5. The summed E-state index contributed by atoms with van der Waals surface area (Å²) in [6.45, 7) is 5.15. The predicted molar refractivity (Wildman–Crippen MR) is 78.3 cm³/mol. The number of halogens is 1. The fourth-order valence-corrected chi connectivity index (χ4v) is 1.70. The minimum absolute atomic E-state index is 0.164. The minimum atomic E-state index is -1.53. The molecule has 0 saturated carbocycles. The number of aliphatic hydroxyl groups is 1. The first-order chi connectivity index (χ1) is 9.64. The second-order valence-corrected chi connectivity index (χ2v) is 5.72. The third-order valence-electron chi connectivity index (χ3n) is 2.37. The van der Waals surface area contributed by atoms with Crippen LogP contribution in [-0.2, 0) is 14.3 Å². The van der Waals surface area contributed by atoms with E-state index < -0.39 is 23.8 Å². The quantitative estimate of drug-likeness (QED) is 0.838. The number of hydrogen-bond acceptors (Lipinski definition) is 5. The smallest absolute Gasteiger partial charge is 0.412 e. The number of ether oxygens (including phenoxy) is 2. The zero-order valence-electron chi connectivity index (χ0n) is 12.3. The van der Waals surface area contributed by atoms with E-state index in [1.54, 1.807) is 20.8 Å². The Balaban J connectivity index is 3.03. The second-order valence-electron chi connectivity index (χ2n) is 5.28. The summed E-state index contributed by atoms with van der Waals surface area (Å²) < 4.78 is 9.58. The fourth-order valence-electron chi connectivity index (χ4n) is 1.53. The largest absolute Gasteiger partial charge is 0.467 e. The molecule has 1 atom stereocenters. The van der Waals surface area contributed by atoms with Gasteiger partial charge in [0.2, 0.25) is 0 Å². The number of aliphatic hydroxyl groups excluding tert-OH is 1. The number of nitrogens with one attached hydrogen (secondary N) is 1. The third kappa shape index (κ3) is 5.24. The molecule has 0 aliphatic heterocycles. The summed E-state index contributed by atoms with van der Waals surface area (Å²) in [5.41, 5.74) is -0.337. The van der Waals surface area contributed by atoms with Crippen LogP contribution in [0.5, 0.6) is 0 Å². The van der Waals surface area contributed by atoms with Crippen molar-refractivity contribution in [1.29, 1.82) is 0 Å². The summed E-state index contributed by atoms with van der Waals surface area (Å²) in [7, 11) is 1.16. The highest BCUT2D eigenvalue weighted by molar-refractivity contribution is 6.31. The van der Waals surface area contributed by atoms with Crippen LogP contribution in [-0.4, -0.2) is 29.9 Å². The lowest BCUT2D eigenvalue weighted by Crippen LogP contribution is -2.28. The van der Waals surface area contributed by atoms with Crippen LogP contribution in [0, 0.1) is 0 Å². The Hall–Kier alpha value is -1.79. The highest BCUT2D eigenvalue weighted by atomic mass is 35.5. The molecule has 0 radical (unpaired) electrons. The van der Waals surface area contributed by atoms with Gasteiger partial charge in [-0.3, -0.25) is 5.32 Å². The van der Waals surface area contributed by atoms with Crippen molar-refractivity contribution in [3.8, 4) is 0 Å². The minimum Gasteiger partial charge on any atom is -0.467 e. The van der Waals surface area contributed by atoms with Gasteiger partial charge in [-0.2, -0.15) is 0 Å². The number of amides is 1. The molecule has 1 aromatic rings. The Morgan fingerprint density at radius 1 is 1.33 bits per heavy atom. The van der Waals surface area contributed by atoms with Gasteiger partial charge in [0.15, 0.2) is 6.10 Å². The Kier molecular flexibility index (Phi) is 5.57.